The number of aryl methyl sites for hydroxylation is 3. The van der Waals surface area contributed by atoms with E-state index in [4.69, 9.17) is 16.3 Å². The topological polar surface area (TPSA) is 47.0 Å². The van der Waals surface area contributed by atoms with Gasteiger partial charge in [-0.25, -0.2) is 9.97 Å². The maximum Gasteiger partial charge on any atom is 0.148 e. The number of hydrogen-bond acceptors (Lipinski definition) is 4. The lowest BCUT2D eigenvalue weighted by atomic mass is 10.1. The van der Waals surface area contributed by atoms with E-state index in [1.165, 1.54) is 23.9 Å². The van der Waals surface area contributed by atoms with Crippen molar-refractivity contribution in [2.45, 2.75) is 46.5 Å². The molecule has 0 saturated carbocycles. The van der Waals surface area contributed by atoms with Crippen molar-refractivity contribution in [2.75, 3.05) is 18.5 Å². The largest absolute Gasteiger partial charge is 0.493 e. The Balaban J connectivity index is 1.69. The van der Waals surface area contributed by atoms with Crippen LogP contribution in [0, 0.1) is 13.8 Å². The molecule has 0 aliphatic rings. The van der Waals surface area contributed by atoms with Gasteiger partial charge in [-0.05, 0) is 50.3 Å². The van der Waals surface area contributed by atoms with Crippen LogP contribution in [0.3, 0.4) is 0 Å². The van der Waals surface area contributed by atoms with Crippen LogP contribution in [0.4, 0.5) is 5.82 Å². The van der Waals surface area contributed by atoms with Crippen molar-refractivity contribution in [3.63, 3.8) is 0 Å². The number of rotatable bonds is 9. The molecule has 24 heavy (non-hydrogen) atoms. The van der Waals surface area contributed by atoms with Gasteiger partial charge in [0.15, 0.2) is 0 Å². The van der Waals surface area contributed by atoms with Gasteiger partial charge in [-0.15, -0.1) is 0 Å². The first kappa shape index (κ1) is 18.5. The summed E-state index contributed by atoms with van der Waals surface area (Å²) >= 11 is 6.15. The average Bonchev–Trinajstić information content (AvgIpc) is 2.56. The Labute approximate surface area is 149 Å². The first-order chi connectivity index (χ1) is 11.6. The number of aromatic nitrogens is 2. The molecule has 130 valence electrons. The SMILES string of the molecule is CCCc1ccc(OCCCCNc2ncnc(C)c2Cl)c(C)c1. The van der Waals surface area contributed by atoms with E-state index in [1.807, 2.05) is 6.92 Å². The second-order valence-corrected chi connectivity index (χ2v) is 6.33. The summed E-state index contributed by atoms with van der Waals surface area (Å²) in [5, 5.41) is 3.84. The van der Waals surface area contributed by atoms with E-state index < -0.39 is 0 Å². The second-order valence-electron chi connectivity index (χ2n) is 5.95. The molecule has 0 atom stereocenters. The van der Waals surface area contributed by atoms with Crippen LogP contribution in [0.25, 0.3) is 0 Å². The molecule has 1 aromatic heterocycles. The Morgan fingerprint density at radius 3 is 2.75 bits per heavy atom. The smallest absolute Gasteiger partial charge is 0.148 e. The van der Waals surface area contributed by atoms with E-state index >= 15 is 0 Å². The van der Waals surface area contributed by atoms with Gasteiger partial charge < -0.3 is 10.1 Å². The second kappa shape index (κ2) is 9.48. The van der Waals surface area contributed by atoms with E-state index in [0.29, 0.717) is 17.4 Å². The van der Waals surface area contributed by atoms with Gasteiger partial charge in [-0.1, -0.05) is 37.1 Å². The molecular weight excluding hydrogens is 322 g/mol. The number of nitrogens with one attached hydrogen (secondary N) is 1. The first-order valence-corrected chi connectivity index (χ1v) is 8.93. The molecule has 0 radical (unpaired) electrons. The molecule has 0 unspecified atom stereocenters. The fourth-order valence-corrected chi connectivity index (χ4v) is 2.68. The van der Waals surface area contributed by atoms with E-state index in [1.54, 1.807) is 0 Å². The highest BCUT2D eigenvalue weighted by molar-refractivity contribution is 6.33. The van der Waals surface area contributed by atoms with Gasteiger partial charge in [0.1, 0.15) is 22.9 Å². The molecule has 0 saturated heterocycles. The van der Waals surface area contributed by atoms with Crippen molar-refractivity contribution in [3.05, 3.63) is 46.4 Å². The zero-order valence-electron chi connectivity index (χ0n) is 14.7. The third kappa shape index (κ3) is 5.38. The van der Waals surface area contributed by atoms with Crippen LogP contribution in [0.15, 0.2) is 24.5 Å². The molecule has 0 spiro atoms. The van der Waals surface area contributed by atoms with Gasteiger partial charge in [0.05, 0.1) is 12.3 Å². The Hall–Kier alpha value is -1.81. The zero-order chi connectivity index (χ0) is 17.4. The number of anilines is 1. The van der Waals surface area contributed by atoms with Crippen LogP contribution in [0.2, 0.25) is 5.02 Å². The highest BCUT2D eigenvalue weighted by atomic mass is 35.5. The Morgan fingerprint density at radius 2 is 2.00 bits per heavy atom. The van der Waals surface area contributed by atoms with Crippen LogP contribution >= 0.6 is 11.6 Å². The molecule has 1 heterocycles. The van der Waals surface area contributed by atoms with Crippen LogP contribution in [0.1, 0.15) is 43.0 Å². The van der Waals surface area contributed by atoms with E-state index in [-0.39, 0.29) is 0 Å². The molecule has 0 aliphatic heterocycles. The molecule has 1 aromatic carbocycles. The minimum atomic E-state index is 0.594. The summed E-state index contributed by atoms with van der Waals surface area (Å²) in [4.78, 5) is 8.21. The van der Waals surface area contributed by atoms with Crippen LogP contribution in [0.5, 0.6) is 5.75 Å². The number of benzene rings is 1. The maximum atomic E-state index is 6.15. The van der Waals surface area contributed by atoms with Crippen molar-refractivity contribution in [1.82, 2.24) is 9.97 Å². The molecule has 2 rings (SSSR count). The van der Waals surface area contributed by atoms with Crippen molar-refractivity contribution in [2.24, 2.45) is 0 Å². The van der Waals surface area contributed by atoms with E-state index in [9.17, 15) is 0 Å². The van der Waals surface area contributed by atoms with Gasteiger partial charge in [-0.2, -0.15) is 0 Å². The molecule has 0 amide bonds. The lowest BCUT2D eigenvalue weighted by Gasteiger charge is -2.11. The van der Waals surface area contributed by atoms with E-state index in [0.717, 1.165) is 37.3 Å². The summed E-state index contributed by atoms with van der Waals surface area (Å²) in [6, 6.07) is 6.47. The standard InChI is InChI=1S/C19H26ClN3O/c1-4-7-16-8-9-17(14(2)12-16)24-11-6-5-10-21-19-18(20)15(3)22-13-23-19/h8-9,12-13H,4-7,10-11H2,1-3H3,(H,21,22,23). The molecule has 5 heteroatoms. The lowest BCUT2D eigenvalue weighted by molar-refractivity contribution is 0.306. The van der Waals surface area contributed by atoms with Crippen molar-refractivity contribution < 1.29 is 4.74 Å². The zero-order valence-corrected chi connectivity index (χ0v) is 15.5. The van der Waals surface area contributed by atoms with Crippen LogP contribution < -0.4 is 10.1 Å². The van der Waals surface area contributed by atoms with Gasteiger partial charge in [0, 0.05) is 6.54 Å². The molecular formula is C19H26ClN3O. The summed E-state index contributed by atoms with van der Waals surface area (Å²) in [6.45, 7) is 7.70. The number of hydrogen-bond donors (Lipinski definition) is 1. The fraction of sp³-hybridized carbons (Fsp3) is 0.474. The normalized spacial score (nSPS) is 10.7. The van der Waals surface area contributed by atoms with Gasteiger partial charge in [-0.3, -0.25) is 0 Å². The predicted molar refractivity (Wildman–Crippen MR) is 100 cm³/mol. The van der Waals surface area contributed by atoms with E-state index in [2.05, 4.69) is 47.3 Å². The van der Waals surface area contributed by atoms with Gasteiger partial charge in [0.25, 0.3) is 0 Å². The molecule has 0 bridgehead atoms. The Bertz CT molecular complexity index is 661. The lowest BCUT2D eigenvalue weighted by Crippen LogP contribution is -2.07. The predicted octanol–water partition coefficient (Wildman–Crippen LogP) is 4.97. The third-order valence-corrected chi connectivity index (χ3v) is 4.32. The minimum Gasteiger partial charge on any atom is -0.493 e. The summed E-state index contributed by atoms with van der Waals surface area (Å²) in [7, 11) is 0. The summed E-state index contributed by atoms with van der Waals surface area (Å²) < 4.78 is 5.89. The monoisotopic (exact) mass is 347 g/mol. The third-order valence-electron chi connectivity index (χ3n) is 3.86. The number of nitrogens with zero attached hydrogens (tertiary/aromatic N) is 2. The first-order valence-electron chi connectivity index (χ1n) is 8.55. The quantitative estimate of drug-likeness (QED) is 0.650. The summed E-state index contributed by atoms with van der Waals surface area (Å²) in [5.74, 6) is 1.68. The number of unbranched alkanes of at least 4 members (excludes halogenated alkanes) is 1. The highest BCUT2D eigenvalue weighted by Gasteiger charge is 2.05. The van der Waals surface area contributed by atoms with Crippen LogP contribution in [-0.2, 0) is 6.42 Å². The number of halogens is 1. The molecule has 0 aliphatic carbocycles. The van der Waals surface area contributed by atoms with Gasteiger partial charge >= 0.3 is 0 Å². The Kier molecular flexibility index (Phi) is 7.32. The molecule has 2 aromatic rings. The number of ether oxygens (including phenoxy) is 1. The molecule has 4 nitrogen and oxygen atoms in total. The minimum absolute atomic E-state index is 0.594. The molecule has 0 fully saturated rings. The van der Waals surface area contributed by atoms with Crippen molar-refractivity contribution in [3.8, 4) is 5.75 Å². The van der Waals surface area contributed by atoms with Crippen molar-refractivity contribution >= 4 is 17.4 Å². The van der Waals surface area contributed by atoms with Crippen molar-refractivity contribution in [1.29, 1.82) is 0 Å². The summed E-state index contributed by atoms with van der Waals surface area (Å²) in [6.07, 6.45) is 5.79. The van der Waals surface area contributed by atoms with Crippen LogP contribution in [-0.4, -0.2) is 23.1 Å². The summed E-state index contributed by atoms with van der Waals surface area (Å²) in [5.41, 5.74) is 3.38. The highest BCUT2D eigenvalue weighted by Crippen LogP contribution is 2.21. The Morgan fingerprint density at radius 1 is 1.17 bits per heavy atom. The average molecular weight is 348 g/mol. The molecule has 1 N–H and O–H groups in total. The van der Waals surface area contributed by atoms with Gasteiger partial charge in [0.2, 0.25) is 0 Å². The fourth-order valence-electron chi connectivity index (χ4n) is 2.51. The maximum absolute atomic E-state index is 6.15.